The number of carboxylic acid groups (broad SMARTS) is 1. The van der Waals surface area contributed by atoms with Crippen LogP contribution in [0.5, 0.6) is 0 Å². The third kappa shape index (κ3) is 2.58. The van der Waals surface area contributed by atoms with Crippen LogP contribution in [0, 0.1) is 0 Å². The Hall–Kier alpha value is -1.76. The topological polar surface area (TPSA) is 78.9 Å². The minimum absolute atomic E-state index is 0.00908. The van der Waals surface area contributed by atoms with Crippen molar-refractivity contribution in [3.63, 3.8) is 0 Å². The average molecular weight is 296 g/mol. The number of hydrogen-bond donors (Lipinski definition) is 2. The summed E-state index contributed by atoms with van der Waals surface area (Å²) in [5.41, 5.74) is 0.728. The molecule has 2 N–H and O–H groups in total. The predicted octanol–water partition coefficient (Wildman–Crippen LogP) is 2.97. The first kappa shape index (κ1) is 13.2. The molecule has 1 aromatic heterocycles. The lowest BCUT2D eigenvalue weighted by molar-refractivity contribution is 0.0274. The second-order valence-electron chi connectivity index (χ2n) is 5.21. The van der Waals surface area contributed by atoms with E-state index in [2.05, 4.69) is 5.32 Å². The molecule has 2 amide bonds. The largest absolute Gasteiger partial charge is 0.465 e. The Labute approximate surface area is 120 Å². The maximum Gasteiger partial charge on any atom is 0.411 e. The molecule has 20 heavy (non-hydrogen) atoms. The van der Waals surface area contributed by atoms with Crippen LogP contribution < -0.4 is 5.32 Å². The van der Waals surface area contributed by atoms with Gasteiger partial charge in [0.1, 0.15) is 6.10 Å². The van der Waals surface area contributed by atoms with Gasteiger partial charge in [-0.1, -0.05) is 0 Å². The molecule has 7 heteroatoms. The van der Waals surface area contributed by atoms with Gasteiger partial charge in [-0.2, -0.15) is 11.3 Å². The molecule has 2 saturated heterocycles. The molecule has 0 saturated carbocycles. The van der Waals surface area contributed by atoms with Crippen LogP contribution in [0.4, 0.5) is 15.3 Å². The first-order chi connectivity index (χ1) is 9.63. The van der Waals surface area contributed by atoms with Crippen LogP contribution in [0.2, 0.25) is 0 Å². The molecular weight excluding hydrogens is 280 g/mol. The second-order valence-corrected chi connectivity index (χ2v) is 5.99. The van der Waals surface area contributed by atoms with Crippen molar-refractivity contribution in [3.8, 4) is 0 Å². The second kappa shape index (κ2) is 5.32. The summed E-state index contributed by atoms with van der Waals surface area (Å²) in [5, 5.41) is 15.5. The van der Waals surface area contributed by atoms with Crippen LogP contribution >= 0.6 is 11.3 Å². The van der Waals surface area contributed by atoms with Gasteiger partial charge in [0.25, 0.3) is 0 Å². The lowest BCUT2D eigenvalue weighted by Crippen LogP contribution is -2.48. The number of hydrogen-bond acceptors (Lipinski definition) is 4. The van der Waals surface area contributed by atoms with Gasteiger partial charge >= 0.3 is 12.2 Å². The third-order valence-electron chi connectivity index (χ3n) is 3.95. The van der Waals surface area contributed by atoms with Crippen molar-refractivity contribution in [2.75, 3.05) is 5.32 Å². The summed E-state index contributed by atoms with van der Waals surface area (Å²) in [5.74, 6) is 0. The Morgan fingerprint density at radius 3 is 2.60 bits per heavy atom. The highest BCUT2D eigenvalue weighted by molar-refractivity contribution is 7.08. The lowest BCUT2D eigenvalue weighted by atomic mass is 10.0. The standard InChI is InChI=1S/C13H16N2O4S/c16-12(14-8-3-4-20-7-8)19-11-5-9-1-2-10(6-11)15(9)13(17)18/h3-4,7,9-11H,1-2,5-6H2,(H,14,16)(H,17,18). The number of anilines is 1. The van der Waals surface area contributed by atoms with Crippen molar-refractivity contribution < 1.29 is 19.4 Å². The number of carbonyl (C=O) groups excluding carboxylic acids is 1. The van der Waals surface area contributed by atoms with Gasteiger partial charge in [0.05, 0.1) is 5.69 Å². The summed E-state index contributed by atoms with van der Waals surface area (Å²) in [6.07, 6.45) is 1.41. The number of thiophene rings is 1. The molecule has 2 aliphatic rings. The van der Waals surface area contributed by atoms with E-state index < -0.39 is 12.2 Å². The molecule has 2 unspecified atom stereocenters. The molecule has 108 valence electrons. The molecular formula is C13H16N2O4S. The summed E-state index contributed by atoms with van der Waals surface area (Å²) in [6, 6.07) is 1.79. The number of rotatable bonds is 2. The first-order valence-electron chi connectivity index (χ1n) is 6.64. The molecule has 3 rings (SSSR count). The minimum atomic E-state index is -0.862. The van der Waals surface area contributed by atoms with Crippen LogP contribution in [0.3, 0.4) is 0 Å². The van der Waals surface area contributed by atoms with Gasteiger partial charge in [-0.05, 0) is 24.3 Å². The van der Waals surface area contributed by atoms with E-state index in [1.54, 1.807) is 0 Å². The highest BCUT2D eigenvalue weighted by atomic mass is 32.1. The number of carbonyl (C=O) groups is 2. The summed E-state index contributed by atoms with van der Waals surface area (Å²) >= 11 is 1.50. The maximum atomic E-state index is 11.8. The number of piperidine rings is 1. The molecule has 0 aromatic carbocycles. The number of nitrogens with one attached hydrogen (secondary N) is 1. The number of ether oxygens (including phenoxy) is 1. The molecule has 2 bridgehead atoms. The van der Waals surface area contributed by atoms with Crippen LogP contribution in [0.25, 0.3) is 0 Å². The van der Waals surface area contributed by atoms with Gasteiger partial charge in [0, 0.05) is 30.3 Å². The van der Waals surface area contributed by atoms with E-state index in [4.69, 9.17) is 9.84 Å². The Morgan fingerprint density at radius 2 is 2.05 bits per heavy atom. The average Bonchev–Trinajstić information content (AvgIpc) is 2.96. The van der Waals surface area contributed by atoms with Crippen molar-refractivity contribution in [2.24, 2.45) is 0 Å². The van der Waals surface area contributed by atoms with Crippen molar-refractivity contribution in [2.45, 2.75) is 43.9 Å². The van der Waals surface area contributed by atoms with E-state index in [0.717, 1.165) is 18.5 Å². The van der Waals surface area contributed by atoms with E-state index in [1.807, 2.05) is 16.8 Å². The fourth-order valence-corrected chi connectivity index (χ4v) is 3.76. The summed E-state index contributed by atoms with van der Waals surface area (Å²) in [4.78, 5) is 24.5. The van der Waals surface area contributed by atoms with E-state index in [0.29, 0.717) is 12.8 Å². The fourth-order valence-electron chi connectivity index (χ4n) is 3.17. The Bertz CT molecular complexity index is 490. The molecule has 0 radical (unpaired) electrons. The van der Waals surface area contributed by atoms with Crippen molar-refractivity contribution in [1.29, 1.82) is 0 Å². The Morgan fingerprint density at radius 1 is 1.35 bits per heavy atom. The fraction of sp³-hybridized carbons (Fsp3) is 0.538. The lowest BCUT2D eigenvalue weighted by Gasteiger charge is -2.36. The van der Waals surface area contributed by atoms with Gasteiger partial charge in [-0.25, -0.2) is 9.59 Å². The summed E-state index contributed by atoms with van der Waals surface area (Å²) in [7, 11) is 0. The minimum Gasteiger partial charge on any atom is -0.465 e. The van der Waals surface area contributed by atoms with Crippen LogP contribution in [-0.4, -0.2) is 40.4 Å². The zero-order chi connectivity index (χ0) is 14.1. The van der Waals surface area contributed by atoms with Gasteiger partial charge in [-0.15, -0.1) is 0 Å². The number of amides is 2. The molecule has 3 heterocycles. The highest BCUT2D eigenvalue weighted by Crippen LogP contribution is 2.36. The van der Waals surface area contributed by atoms with E-state index in [-0.39, 0.29) is 18.2 Å². The molecule has 6 nitrogen and oxygen atoms in total. The van der Waals surface area contributed by atoms with Crippen molar-refractivity contribution in [3.05, 3.63) is 16.8 Å². The monoisotopic (exact) mass is 296 g/mol. The first-order valence-corrected chi connectivity index (χ1v) is 7.59. The SMILES string of the molecule is O=C(Nc1ccsc1)OC1CC2CCC(C1)N2C(=O)O. The van der Waals surface area contributed by atoms with E-state index in [9.17, 15) is 9.59 Å². The van der Waals surface area contributed by atoms with Crippen molar-refractivity contribution in [1.82, 2.24) is 4.90 Å². The van der Waals surface area contributed by atoms with E-state index >= 15 is 0 Å². The normalized spacial score (nSPS) is 28.2. The van der Waals surface area contributed by atoms with Crippen LogP contribution in [0.1, 0.15) is 25.7 Å². The molecule has 0 aliphatic carbocycles. The maximum absolute atomic E-state index is 11.8. The number of fused-ring (bicyclic) bond motifs is 2. The Kier molecular flexibility index (Phi) is 3.52. The zero-order valence-electron chi connectivity index (χ0n) is 10.8. The number of nitrogens with zero attached hydrogens (tertiary/aromatic N) is 1. The molecule has 2 fully saturated rings. The third-order valence-corrected chi connectivity index (χ3v) is 4.64. The van der Waals surface area contributed by atoms with Gasteiger partial charge < -0.3 is 14.7 Å². The quantitative estimate of drug-likeness (QED) is 0.879. The molecule has 2 atom stereocenters. The van der Waals surface area contributed by atoms with Crippen molar-refractivity contribution >= 4 is 29.2 Å². The molecule has 1 aromatic rings. The van der Waals surface area contributed by atoms with E-state index in [1.165, 1.54) is 16.2 Å². The van der Waals surface area contributed by atoms with Gasteiger partial charge in [0.15, 0.2) is 0 Å². The highest BCUT2D eigenvalue weighted by Gasteiger charge is 2.44. The Balaban J connectivity index is 1.55. The molecule has 2 aliphatic heterocycles. The zero-order valence-corrected chi connectivity index (χ0v) is 11.6. The molecule has 0 spiro atoms. The smallest absolute Gasteiger partial charge is 0.411 e. The van der Waals surface area contributed by atoms with Gasteiger partial charge in [0.2, 0.25) is 0 Å². The van der Waals surface area contributed by atoms with Crippen LogP contribution in [0.15, 0.2) is 16.8 Å². The van der Waals surface area contributed by atoms with Crippen LogP contribution in [-0.2, 0) is 4.74 Å². The van der Waals surface area contributed by atoms with Gasteiger partial charge in [-0.3, -0.25) is 5.32 Å². The summed E-state index contributed by atoms with van der Waals surface area (Å²) < 4.78 is 5.41. The predicted molar refractivity (Wildman–Crippen MR) is 74.1 cm³/mol. The summed E-state index contributed by atoms with van der Waals surface area (Å²) in [6.45, 7) is 0.